The average Bonchev–Trinajstić information content (AvgIpc) is 2.77. The molecule has 1 aliphatic heterocycles. The van der Waals surface area contributed by atoms with Crippen LogP contribution < -0.4 is 9.64 Å². The number of alkyl halides is 2. The maximum absolute atomic E-state index is 12.3. The molecule has 2 aliphatic rings. The summed E-state index contributed by atoms with van der Waals surface area (Å²) in [5.74, 6) is 0.713. The highest BCUT2D eigenvalue weighted by atomic mass is 32.2. The van der Waals surface area contributed by atoms with Gasteiger partial charge in [-0.3, -0.25) is 9.69 Å². The van der Waals surface area contributed by atoms with Crippen LogP contribution in [0.5, 0.6) is 5.75 Å². The van der Waals surface area contributed by atoms with Crippen LogP contribution in [0.2, 0.25) is 0 Å². The Bertz CT molecular complexity index is 515. The van der Waals surface area contributed by atoms with E-state index in [-0.39, 0.29) is 16.5 Å². The first kappa shape index (κ1) is 14.6. The zero-order valence-corrected chi connectivity index (χ0v) is 12.4. The molecular weight excluding hydrogens is 296 g/mol. The lowest BCUT2D eigenvalue weighted by molar-refractivity contribution is -0.116. The summed E-state index contributed by atoms with van der Waals surface area (Å²) in [6.45, 7) is -2.83. The fraction of sp³-hybridized carbons (Fsp3) is 0.533. The van der Waals surface area contributed by atoms with Gasteiger partial charge in [-0.1, -0.05) is 19.3 Å². The van der Waals surface area contributed by atoms with Crippen molar-refractivity contribution in [3.8, 4) is 5.75 Å². The monoisotopic (exact) mass is 313 g/mol. The molecule has 1 spiro atoms. The number of benzene rings is 1. The highest BCUT2D eigenvalue weighted by Crippen LogP contribution is 2.49. The lowest BCUT2D eigenvalue weighted by atomic mass is 9.93. The van der Waals surface area contributed by atoms with E-state index in [2.05, 4.69) is 4.74 Å². The SMILES string of the molecule is O=C1CSC2(CCCCC2)N1c1ccc(OC(F)F)cc1. The molecule has 3 nitrogen and oxygen atoms in total. The summed E-state index contributed by atoms with van der Waals surface area (Å²) in [5.41, 5.74) is 0.772. The minimum Gasteiger partial charge on any atom is -0.435 e. The Kier molecular flexibility index (Phi) is 4.06. The van der Waals surface area contributed by atoms with Gasteiger partial charge in [0.1, 0.15) is 5.75 Å². The number of hydrogen-bond donors (Lipinski definition) is 0. The van der Waals surface area contributed by atoms with Crippen LogP contribution in [-0.2, 0) is 4.79 Å². The molecule has 21 heavy (non-hydrogen) atoms. The molecule has 0 atom stereocenters. The van der Waals surface area contributed by atoms with Crippen molar-refractivity contribution in [3.63, 3.8) is 0 Å². The van der Waals surface area contributed by atoms with Crippen LogP contribution in [0.4, 0.5) is 14.5 Å². The van der Waals surface area contributed by atoms with E-state index in [9.17, 15) is 13.6 Å². The van der Waals surface area contributed by atoms with Gasteiger partial charge >= 0.3 is 6.61 Å². The first-order valence-electron chi connectivity index (χ1n) is 7.13. The summed E-state index contributed by atoms with van der Waals surface area (Å²) in [5, 5.41) is 0. The molecule has 1 aromatic carbocycles. The Morgan fingerprint density at radius 1 is 1.14 bits per heavy atom. The predicted molar refractivity (Wildman–Crippen MR) is 78.8 cm³/mol. The fourth-order valence-electron chi connectivity index (χ4n) is 3.18. The average molecular weight is 313 g/mol. The molecular formula is C15H17F2NO2S. The molecule has 0 bridgehead atoms. The summed E-state index contributed by atoms with van der Waals surface area (Å²) in [7, 11) is 0. The van der Waals surface area contributed by atoms with Crippen molar-refractivity contribution in [3.05, 3.63) is 24.3 Å². The van der Waals surface area contributed by atoms with Gasteiger partial charge in [-0.25, -0.2) is 0 Å². The second kappa shape index (κ2) is 5.83. The van der Waals surface area contributed by atoms with Crippen molar-refractivity contribution in [2.75, 3.05) is 10.7 Å². The highest BCUT2D eigenvalue weighted by Gasteiger charge is 2.47. The normalized spacial score (nSPS) is 21.3. The fourth-order valence-corrected chi connectivity index (χ4v) is 4.62. The number of carbonyl (C=O) groups is 1. The molecule has 3 rings (SSSR count). The van der Waals surface area contributed by atoms with Crippen LogP contribution in [0.25, 0.3) is 0 Å². The number of carbonyl (C=O) groups excluding carboxylic acids is 1. The second-order valence-corrected chi connectivity index (χ2v) is 6.73. The van der Waals surface area contributed by atoms with Crippen molar-refractivity contribution in [1.82, 2.24) is 0 Å². The first-order valence-corrected chi connectivity index (χ1v) is 8.11. The van der Waals surface area contributed by atoms with Gasteiger partial charge in [0, 0.05) is 5.69 Å². The van der Waals surface area contributed by atoms with E-state index in [1.807, 2.05) is 4.90 Å². The Morgan fingerprint density at radius 3 is 2.43 bits per heavy atom. The van der Waals surface area contributed by atoms with Crippen LogP contribution in [-0.4, -0.2) is 23.1 Å². The van der Waals surface area contributed by atoms with Gasteiger partial charge in [0.05, 0.1) is 10.6 Å². The van der Waals surface area contributed by atoms with Gasteiger partial charge in [-0.05, 0) is 37.1 Å². The minimum atomic E-state index is -2.83. The number of ether oxygens (including phenoxy) is 1. The van der Waals surface area contributed by atoms with Gasteiger partial charge in [0.25, 0.3) is 0 Å². The summed E-state index contributed by atoms with van der Waals surface area (Å²) >= 11 is 1.72. The molecule has 0 aromatic heterocycles. The van der Waals surface area contributed by atoms with E-state index in [4.69, 9.17) is 0 Å². The molecule has 1 saturated carbocycles. The number of rotatable bonds is 3. The third-order valence-electron chi connectivity index (χ3n) is 4.08. The van der Waals surface area contributed by atoms with Crippen molar-refractivity contribution < 1.29 is 18.3 Å². The number of thioether (sulfide) groups is 1. The molecule has 0 unspecified atom stereocenters. The molecule has 1 aliphatic carbocycles. The predicted octanol–water partition coefficient (Wildman–Crippen LogP) is 4.03. The molecule has 1 aromatic rings. The summed E-state index contributed by atoms with van der Waals surface area (Å²) in [6.07, 6.45) is 5.47. The molecule has 0 N–H and O–H groups in total. The van der Waals surface area contributed by atoms with Gasteiger partial charge in [-0.2, -0.15) is 8.78 Å². The first-order chi connectivity index (χ1) is 10.1. The van der Waals surface area contributed by atoms with Crippen molar-refractivity contribution in [2.24, 2.45) is 0 Å². The van der Waals surface area contributed by atoms with Crippen molar-refractivity contribution >= 4 is 23.4 Å². The zero-order valence-electron chi connectivity index (χ0n) is 11.6. The summed E-state index contributed by atoms with van der Waals surface area (Å²) in [4.78, 5) is 14.0. The third kappa shape index (κ3) is 2.86. The quantitative estimate of drug-likeness (QED) is 0.844. The number of halogens is 2. The lowest BCUT2D eigenvalue weighted by Crippen LogP contribution is -2.45. The van der Waals surface area contributed by atoms with E-state index in [0.29, 0.717) is 5.75 Å². The number of hydrogen-bond acceptors (Lipinski definition) is 3. The summed E-state index contributed by atoms with van der Waals surface area (Å²) < 4.78 is 28.7. The number of amides is 1. The van der Waals surface area contributed by atoms with Crippen LogP contribution >= 0.6 is 11.8 Å². The standard InChI is InChI=1S/C15H17F2NO2S/c16-14(17)20-12-6-4-11(5-7-12)18-13(19)10-21-15(18)8-2-1-3-9-15/h4-7,14H,1-3,8-10H2. The molecule has 114 valence electrons. The maximum atomic E-state index is 12.3. The van der Waals surface area contributed by atoms with Gasteiger partial charge in [0.2, 0.25) is 5.91 Å². The molecule has 2 fully saturated rings. The van der Waals surface area contributed by atoms with E-state index >= 15 is 0 Å². The Balaban J connectivity index is 1.84. The molecule has 1 amide bonds. The van der Waals surface area contributed by atoms with Crippen molar-refractivity contribution in [2.45, 2.75) is 43.6 Å². The summed E-state index contributed by atoms with van der Waals surface area (Å²) in [6, 6.07) is 6.37. The van der Waals surface area contributed by atoms with E-state index in [1.165, 1.54) is 18.6 Å². The minimum absolute atomic E-state index is 0.101. The number of nitrogens with zero attached hydrogens (tertiary/aromatic N) is 1. The molecule has 0 radical (unpaired) electrons. The van der Waals surface area contributed by atoms with E-state index in [1.54, 1.807) is 23.9 Å². The van der Waals surface area contributed by atoms with Crippen molar-refractivity contribution in [1.29, 1.82) is 0 Å². The molecule has 6 heteroatoms. The largest absolute Gasteiger partial charge is 0.435 e. The van der Waals surface area contributed by atoms with Gasteiger partial charge < -0.3 is 4.74 Å². The Labute approximate surface area is 126 Å². The molecule has 1 saturated heterocycles. The van der Waals surface area contributed by atoms with Crippen LogP contribution in [0.3, 0.4) is 0 Å². The Morgan fingerprint density at radius 2 is 1.81 bits per heavy atom. The number of anilines is 1. The molecule has 1 heterocycles. The zero-order chi connectivity index (χ0) is 14.9. The van der Waals surface area contributed by atoms with Crippen LogP contribution in [0.1, 0.15) is 32.1 Å². The van der Waals surface area contributed by atoms with Gasteiger partial charge in [-0.15, -0.1) is 11.8 Å². The van der Waals surface area contributed by atoms with E-state index < -0.39 is 6.61 Å². The topological polar surface area (TPSA) is 29.5 Å². The van der Waals surface area contributed by atoms with Crippen LogP contribution in [0.15, 0.2) is 24.3 Å². The lowest BCUT2D eigenvalue weighted by Gasteiger charge is -2.40. The third-order valence-corrected chi connectivity index (χ3v) is 5.60. The smallest absolute Gasteiger partial charge is 0.387 e. The highest BCUT2D eigenvalue weighted by molar-refractivity contribution is 8.02. The Hall–Kier alpha value is -1.30. The maximum Gasteiger partial charge on any atom is 0.387 e. The van der Waals surface area contributed by atoms with Crippen LogP contribution in [0, 0.1) is 0 Å². The van der Waals surface area contributed by atoms with Gasteiger partial charge in [0.15, 0.2) is 0 Å². The second-order valence-electron chi connectivity index (χ2n) is 5.40. The van der Waals surface area contributed by atoms with E-state index in [0.717, 1.165) is 31.4 Å².